The first kappa shape index (κ1) is 35.9. The molecule has 1 saturated carbocycles. The number of aryl methyl sites for hydroxylation is 1. The molecule has 5 rings (SSSR count). The first-order valence-corrected chi connectivity index (χ1v) is 16.9. The number of anilines is 2. The van der Waals surface area contributed by atoms with Crippen LogP contribution in [-0.2, 0) is 22.6 Å². The third-order valence-electron chi connectivity index (χ3n) is 8.80. The molecule has 1 aliphatic rings. The number of benzene rings is 4. The SMILES string of the molecule is COc1cc(NC(=O)CCCc2ccc(-c3ccccc3)c(N(C(=O)O)C3CCC(NC(=O)OCc4ccccc4)CC3)c2)c(Cl)cc1C=O. The Kier molecular flexibility index (Phi) is 12.5. The highest BCUT2D eigenvalue weighted by atomic mass is 35.5. The zero-order valence-electron chi connectivity index (χ0n) is 27.8. The fourth-order valence-electron chi connectivity index (χ4n) is 6.26. The number of rotatable bonds is 13. The molecule has 0 atom stereocenters. The molecule has 0 aromatic heterocycles. The summed E-state index contributed by atoms with van der Waals surface area (Å²) in [5, 5.41) is 16.5. The van der Waals surface area contributed by atoms with E-state index in [4.69, 9.17) is 21.1 Å². The number of carbonyl (C=O) groups excluding carboxylic acids is 3. The van der Waals surface area contributed by atoms with Crippen molar-refractivity contribution in [2.45, 2.75) is 63.6 Å². The Morgan fingerprint density at radius 3 is 2.28 bits per heavy atom. The first-order chi connectivity index (χ1) is 24.2. The minimum absolute atomic E-state index is 0.116. The van der Waals surface area contributed by atoms with Gasteiger partial charge in [0, 0.05) is 30.1 Å². The van der Waals surface area contributed by atoms with Gasteiger partial charge in [0.05, 0.1) is 29.1 Å². The normalized spacial score (nSPS) is 15.4. The van der Waals surface area contributed by atoms with Gasteiger partial charge in [0.25, 0.3) is 0 Å². The van der Waals surface area contributed by atoms with Crippen molar-refractivity contribution in [1.29, 1.82) is 0 Å². The summed E-state index contributed by atoms with van der Waals surface area (Å²) >= 11 is 6.27. The molecular formula is C39H40ClN3O7. The Balaban J connectivity index is 1.24. The molecule has 0 unspecified atom stereocenters. The number of aldehydes is 1. The lowest BCUT2D eigenvalue weighted by molar-refractivity contribution is -0.116. The van der Waals surface area contributed by atoms with Crippen LogP contribution in [0.3, 0.4) is 0 Å². The highest BCUT2D eigenvalue weighted by molar-refractivity contribution is 6.34. The van der Waals surface area contributed by atoms with Gasteiger partial charge in [-0.3, -0.25) is 14.5 Å². The Morgan fingerprint density at radius 1 is 0.920 bits per heavy atom. The number of alkyl carbamates (subject to hydrolysis) is 1. The van der Waals surface area contributed by atoms with E-state index in [1.807, 2.05) is 78.9 Å². The molecule has 0 aliphatic heterocycles. The Bertz CT molecular complexity index is 1790. The fraction of sp³-hybridized carbons (Fsp3) is 0.282. The van der Waals surface area contributed by atoms with Crippen LogP contribution in [0.2, 0.25) is 5.02 Å². The maximum Gasteiger partial charge on any atom is 0.412 e. The van der Waals surface area contributed by atoms with Gasteiger partial charge >= 0.3 is 12.2 Å². The average molecular weight is 698 g/mol. The van der Waals surface area contributed by atoms with E-state index in [-0.39, 0.29) is 41.6 Å². The summed E-state index contributed by atoms with van der Waals surface area (Å²) in [5.74, 6) is 0.0511. The van der Waals surface area contributed by atoms with E-state index in [2.05, 4.69) is 10.6 Å². The van der Waals surface area contributed by atoms with Crippen molar-refractivity contribution < 1.29 is 33.8 Å². The molecule has 0 saturated heterocycles. The van der Waals surface area contributed by atoms with Gasteiger partial charge in [0.2, 0.25) is 5.91 Å². The van der Waals surface area contributed by atoms with Gasteiger partial charge in [-0.1, -0.05) is 84.4 Å². The zero-order valence-corrected chi connectivity index (χ0v) is 28.5. The molecule has 4 aromatic rings. The van der Waals surface area contributed by atoms with Crippen LogP contribution in [0.15, 0.2) is 91.0 Å². The Hall–Kier alpha value is -5.35. The minimum atomic E-state index is -1.05. The van der Waals surface area contributed by atoms with Crippen LogP contribution in [0, 0.1) is 0 Å². The standard InChI is InChI=1S/C39H40ClN3O7/c1-49-36-23-34(33(40)22-29(36)24-44)42-37(45)14-8-11-26-15-20-32(28-12-6-3-7-13-28)35(21-26)43(39(47)48)31-18-16-30(17-19-31)41-38(46)50-25-27-9-4-2-5-10-27/h2-7,9-10,12-13,15,20-24,30-31H,8,11,14,16-19,25H2,1H3,(H,41,46)(H,42,45)(H,47,48). The number of methoxy groups -OCH3 is 1. The molecule has 260 valence electrons. The Labute approximate surface area is 296 Å². The lowest BCUT2D eigenvalue weighted by Crippen LogP contribution is -2.46. The molecular weight excluding hydrogens is 658 g/mol. The molecule has 10 nitrogen and oxygen atoms in total. The third-order valence-corrected chi connectivity index (χ3v) is 9.11. The molecule has 50 heavy (non-hydrogen) atoms. The monoisotopic (exact) mass is 697 g/mol. The van der Waals surface area contributed by atoms with E-state index in [0.717, 1.165) is 22.3 Å². The van der Waals surface area contributed by atoms with Gasteiger partial charge in [0.15, 0.2) is 6.29 Å². The molecule has 1 fully saturated rings. The second-order valence-electron chi connectivity index (χ2n) is 12.2. The largest absolute Gasteiger partial charge is 0.496 e. The summed E-state index contributed by atoms with van der Waals surface area (Å²) in [6.07, 6.45) is 2.67. The molecule has 0 bridgehead atoms. The number of nitrogens with zero attached hydrogens (tertiary/aromatic N) is 1. The number of nitrogens with one attached hydrogen (secondary N) is 2. The molecule has 11 heteroatoms. The van der Waals surface area contributed by atoms with Crippen molar-refractivity contribution in [3.05, 3.63) is 113 Å². The van der Waals surface area contributed by atoms with Gasteiger partial charge in [-0.25, -0.2) is 9.59 Å². The maximum atomic E-state index is 12.9. The summed E-state index contributed by atoms with van der Waals surface area (Å²) in [6.45, 7) is 0.179. The minimum Gasteiger partial charge on any atom is -0.496 e. The molecule has 0 radical (unpaired) electrons. The fourth-order valence-corrected chi connectivity index (χ4v) is 6.48. The van der Waals surface area contributed by atoms with Gasteiger partial charge in [-0.15, -0.1) is 0 Å². The van der Waals surface area contributed by atoms with Crippen LogP contribution in [0.5, 0.6) is 5.75 Å². The third kappa shape index (κ3) is 9.41. The number of carboxylic acid groups (broad SMARTS) is 1. The van der Waals surface area contributed by atoms with Crippen LogP contribution >= 0.6 is 11.6 Å². The number of carbonyl (C=O) groups is 4. The van der Waals surface area contributed by atoms with E-state index < -0.39 is 12.2 Å². The molecule has 0 spiro atoms. The van der Waals surface area contributed by atoms with E-state index >= 15 is 0 Å². The van der Waals surface area contributed by atoms with Crippen LogP contribution in [0.1, 0.15) is 60.0 Å². The van der Waals surface area contributed by atoms with Gasteiger partial charge in [0.1, 0.15) is 12.4 Å². The van der Waals surface area contributed by atoms with Crippen molar-refractivity contribution in [2.75, 3.05) is 17.3 Å². The number of amides is 3. The van der Waals surface area contributed by atoms with Gasteiger partial charge < -0.3 is 25.2 Å². The van der Waals surface area contributed by atoms with E-state index in [1.165, 1.54) is 24.1 Å². The van der Waals surface area contributed by atoms with E-state index in [0.29, 0.717) is 61.9 Å². The molecule has 4 aromatic carbocycles. The first-order valence-electron chi connectivity index (χ1n) is 16.6. The highest BCUT2D eigenvalue weighted by Gasteiger charge is 2.32. The topological polar surface area (TPSA) is 134 Å². The van der Waals surface area contributed by atoms with Gasteiger partial charge in [-0.2, -0.15) is 0 Å². The van der Waals surface area contributed by atoms with Crippen LogP contribution < -0.4 is 20.3 Å². The van der Waals surface area contributed by atoms with Gasteiger partial charge in [-0.05, 0) is 67.3 Å². The average Bonchev–Trinajstić information content (AvgIpc) is 3.13. The number of hydrogen-bond acceptors (Lipinski definition) is 6. The zero-order chi connectivity index (χ0) is 35.5. The van der Waals surface area contributed by atoms with E-state index in [9.17, 15) is 24.3 Å². The molecule has 3 amide bonds. The lowest BCUT2D eigenvalue weighted by atomic mass is 9.89. The number of hydrogen-bond donors (Lipinski definition) is 3. The van der Waals surface area contributed by atoms with Crippen LogP contribution in [0.4, 0.5) is 21.0 Å². The number of ether oxygens (including phenoxy) is 2. The Morgan fingerprint density at radius 2 is 1.62 bits per heavy atom. The number of halogens is 1. The second kappa shape index (κ2) is 17.3. The molecule has 0 heterocycles. The molecule has 3 N–H and O–H groups in total. The summed E-state index contributed by atoms with van der Waals surface area (Å²) in [5.41, 5.74) is 4.69. The highest BCUT2D eigenvalue weighted by Crippen LogP contribution is 2.37. The molecule has 1 aliphatic carbocycles. The van der Waals surface area contributed by atoms with Crippen molar-refractivity contribution in [1.82, 2.24) is 5.32 Å². The summed E-state index contributed by atoms with van der Waals surface area (Å²) in [7, 11) is 1.43. The maximum absolute atomic E-state index is 12.9. The summed E-state index contributed by atoms with van der Waals surface area (Å²) < 4.78 is 10.6. The second-order valence-corrected chi connectivity index (χ2v) is 12.6. The summed E-state index contributed by atoms with van der Waals surface area (Å²) in [4.78, 5) is 50.9. The van der Waals surface area contributed by atoms with Crippen LogP contribution in [-0.4, -0.2) is 48.7 Å². The predicted octanol–water partition coefficient (Wildman–Crippen LogP) is 8.51. The van der Waals surface area contributed by atoms with Crippen molar-refractivity contribution in [3.8, 4) is 16.9 Å². The quantitative estimate of drug-likeness (QED) is 0.119. The van der Waals surface area contributed by atoms with E-state index in [1.54, 1.807) is 0 Å². The van der Waals surface area contributed by atoms with Crippen molar-refractivity contribution in [3.63, 3.8) is 0 Å². The van der Waals surface area contributed by atoms with Crippen molar-refractivity contribution >= 4 is 47.4 Å². The summed E-state index contributed by atoms with van der Waals surface area (Å²) in [6, 6.07) is 27.5. The smallest absolute Gasteiger partial charge is 0.412 e. The lowest BCUT2D eigenvalue weighted by Gasteiger charge is -2.36. The predicted molar refractivity (Wildman–Crippen MR) is 193 cm³/mol. The van der Waals surface area contributed by atoms with Crippen molar-refractivity contribution in [2.24, 2.45) is 0 Å². The van der Waals surface area contributed by atoms with Crippen LogP contribution in [0.25, 0.3) is 11.1 Å².